The normalized spacial score (nSPS) is 13.9. The molecule has 2 N–H and O–H groups in total. The lowest BCUT2D eigenvalue weighted by molar-refractivity contribution is 0.310. The minimum absolute atomic E-state index is 0.163. The minimum atomic E-state index is 0.163. The quantitative estimate of drug-likeness (QED) is 0.782. The summed E-state index contributed by atoms with van der Waals surface area (Å²) in [6, 6.07) is 11.0. The van der Waals surface area contributed by atoms with Crippen LogP contribution in [0.2, 0.25) is 0 Å². The lowest BCUT2D eigenvalue weighted by atomic mass is 9.69. The average Bonchev–Trinajstić information content (AvgIpc) is 2.32. The Bertz CT molecular complexity index is 275. The van der Waals surface area contributed by atoms with E-state index in [2.05, 4.69) is 51.1 Å². The number of nitrogens with two attached hydrogens (primary N) is 1. The van der Waals surface area contributed by atoms with Crippen LogP contribution in [-0.2, 0) is 5.41 Å². The SMILES string of the molecule is CC[C@H](N)C(CC)(CC)c1ccccc1. The zero-order valence-electron chi connectivity index (χ0n) is 10.2. The van der Waals surface area contributed by atoms with Crippen LogP contribution >= 0.6 is 0 Å². The molecule has 0 saturated carbocycles. The molecule has 1 rings (SSSR count). The Morgan fingerprint density at radius 1 is 1.07 bits per heavy atom. The Labute approximate surface area is 93.7 Å². The molecule has 0 aromatic heterocycles. The van der Waals surface area contributed by atoms with E-state index in [-0.39, 0.29) is 11.5 Å². The van der Waals surface area contributed by atoms with E-state index in [1.807, 2.05) is 0 Å². The highest BCUT2D eigenvalue weighted by Crippen LogP contribution is 2.35. The summed E-state index contributed by atoms with van der Waals surface area (Å²) in [6.07, 6.45) is 3.27. The molecule has 1 aromatic carbocycles. The van der Waals surface area contributed by atoms with E-state index in [0.29, 0.717) is 0 Å². The molecule has 1 heteroatoms. The van der Waals surface area contributed by atoms with Gasteiger partial charge in [0.15, 0.2) is 0 Å². The maximum atomic E-state index is 6.31. The Balaban J connectivity index is 3.11. The Hall–Kier alpha value is -0.820. The molecule has 15 heavy (non-hydrogen) atoms. The first kappa shape index (κ1) is 12.3. The molecule has 1 aromatic rings. The van der Waals surface area contributed by atoms with Crippen LogP contribution in [0, 0.1) is 0 Å². The van der Waals surface area contributed by atoms with E-state index in [0.717, 1.165) is 19.3 Å². The van der Waals surface area contributed by atoms with Crippen LogP contribution in [0.3, 0.4) is 0 Å². The van der Waals surface area contributed by atoms with Crippen LogP contribution in [0.5, 0.6) is 0 Å². The van der Waals surface area contributed by atoms with Crippen molar-refractivity contribution in [3.8, 4) is 0 Å². The monoisotopic (exact) mass is 205 g/mol. The highest BCUT2D eigenvalue weighted by molar-refractivity contribution is 5.27. The molecule has 0 aliphatic carbocycles. The summed E-state index contributed by atoms with van der Waals surface area (Å²) in [5, 5.41) is 0. The molecule has 0 heterocycles. The van der Waals surface area contributed by atoms with Crippen LogP contribution in [0.4, 0.5) is 0 Å². The zero-order chi connectivity index (χ0) is 11.3. The first-order chi connectivity index (χ1) is 7.21. The Kier molecular flexibility index (Phi) is 4.34. The third-order valence-corrected chi connectivity index (χ3v) is 3.76. The van der Waals surface area contributed by atoms with E-state index in [1.165, 1.54) is 5.56 Å². The van der Waals surface area contributed by atoms with E-state index in [9.17, 15) is 0 Å². The maximum absolute atomic E-state index is 6.31. The number of rotatable bonds is 5. The molecular formula is C14H23N. The predicted molar refractivity (Wildman–Crippen MR) is 67.0 cm³/mol. The van der Waals surface area contributed by atoms with Gasteiger partial charge < -0.3 is 5.73 Å². The van der Waals surface area contributed by atoms with Gasteiger partial charge in [0.25, 0.3) is 0 Å². The molecule has 0 saturated heterocycles. The van der Waals surface area contributed by atoms with Crippen LogP contribution < -0.4 is 5.73 Å². The topological polar surface area (TPSA) is 26.0 Å². The maximum Gasteiger partial charge on any atom is 0.0133 e. The van der Waals surface area contributed by atoms with Crippen LogP contribution in [-0.4, -0.2) is 6.04 Å². The van der Waals surface area contributed by atoms with E-state index in [1.54, 1.807) is 0 Å². The second kappa shape index (κ2) is 5.32. The molecule has 0 aliphatic rings. The largest absolute Gasteiger partial charge is 0.327 e. The summed E-state index contributed by atoms with van der Waals surface area (Å²) in [6.45, 7) is 6.66. The van der Waals surface area contributed by atoms with Crippen LogP contribution in [0.25, 0.3) is 0 Å². The van der Waals surface area contributed by atoms with Gasteiger partial charge in [-0.25, -0.2) is 0 Å². The van der Waals surface area contributed by atoms with Gasteiger partial charge in [-0.15, -0.1) is 0 Å². The molecule has 0 radical (unpaired) electrons. The van der Waals surface area contributed by atoms with Crippen molar-refractivity contribution in [2.75, 3.05) is 0 Å². The van der Waals surface area contributed by atoms with Gasteiger partial charge in [-0.05, 0) is 24.8 Å². The molecule has 0 unspecified atom stereocenters. The van der Waals surface area contributed by atoms with Crippen LogP contribution in [0.15, 0.2) is 30.3 Å². The highest BCUT2D eigenvalue weighted by Gasteiger charge is 2.33. The number of hydrogen-bond donors (Lipinski definition) is 1. The summed E-state index contributed by atoms with van der Waals surface area (Å²) in [5.74, 6) is 0. The van der Waals surface area contributed by atoms with Gasteiger partial charge >= 0.3 is 0 Å². The highest BCUT2D eigenvalue weighted by atomic mass is 14.7. The molecule has 84 valence electrons. The third-order valence-electron chi connectivity index (χ3n) is 3.76. The Morgan fingerprint density at radius 3 is 2.00 bits per heavy atom. The molecule has 1 atom stereocenters. The summed E-state index contributed by atoms with van der Waals surface area (Å²) in [5.41, 5.74) is 7.86. The fraction of sp³-hybridized carbons (Fsp3) is 0.571. The molecular weight excluding hydrogens is 182 g/mol. The molecule has 0 aliphatic heterocycles. The van der Waals surface area contributed by atoms with Crippen molar-refractivity contribution in [3.63, 3.8) is 0 Å². The van der Waals surface area contributed by atoms with Gasteiger partial charge in [-0.2, -0.15) is 0 Å². The lowest BCUT2D eigenvalue weighted by Crippen LogP contribution is -2.44. The summed E-state index contributed by atoms with van der Waals surface area (Å²) in [4.78, 5) is 0. The van der Waals surface area contributed by atoms with E-state index >= 15 is 0 Å². The second-order valence-electron chi connectivity index (χ2n) is 4.24. The van der Waals surface area contributed by atoms with Gasteiger partial charge in [-0.1, -0.05) is 51.1 Å². The van der Waals surface area contributed by atoms with Gasteiger partial charge in [0, 0.05) is 11.5 Å². The molecule has 0 fully saturated rings. The van der Waals surface area contributed by atoms with Crippen molar-refractivity contribution in [1.29, 1.82) is 0 Å². The second-order valence-corrected chi connectivity index (χ2v) is 4.24. The first-order valence-corrected chi connectivity index (χ1v) is 6.02. The van der Waals surface area contributed by atoms with Gasteiger partial charge in [-0.3, -0.25) is 0 Å². The lowest BCUT2D eigenvalue weighted by Gasteiger charge is -2.38. The average molecular weight is 205 g/mol. The van der Waals surface area contributed by atoms with Gasteiger partial charge in [0.1, 0.15) is 0 Å². The fourth-order valence-electron chi connectivity index (χ4n) is 2.56. The van der Waals surface area contributed by atoms with E-state index < -0.39 is 0 Å². The smallest absolute Gasteiger partial charge is 0.0133 e. The first-order valence-electron chi connectivity index (χ1n) is 6.02. The van der Waals surface area contributed by atoms with Crippen LogP contribution in [0.1, 0.15) is 45.6 Å². The van der Waals surface area contributed by atoms with Crippen molar-refractivity contribution >= 4 is 0 Å². The molecule has 0 amide bonds. The van der Waals surface area contributed by atoms with Crippen molar-refractivity contribution in [3.05, 3.63) is 35.9 Å². The van der Waals surface area contributed by atoms with Gasteiger partial charge in [0.2, 0.25) is 0 Å². The number of hydrogen-bond acceptors (Lipinski definition) is 1. The van der Waals surface area contributed by atoms with Gasteiger partial charge in [0.05, 0.1) is 0 Å². The standard InChI is InChI=1S/C14H23N/c1-4-13(15)14(5-2,6-3)12-10-8-7-9-11-12/h7-11,13H,4-6,15H2,1-3H3/t13-/m0/s1. The summed E-state index contributed by atoms with van der Waals surface area (Å²) in [7, 11) is 0. The van der Waals surface area contributed by atoms with Crippen molar-refractivity contribution in [1.82, 2.24) is 0 Å². The predicted octanol–water partition coefficient (Wildman–Crippen LogP) is 3.48. The number of benzene rings is 1. The van der Waals surface area contributed by atoms with Crippen molar-refractivity contribution in [2.45, 2.75) is 51.5 Å². The van der Waals surface area contributed by atoms with E-state index in [4.69, 9.17) is 5.73 Å². The third kappa shape index (κ3) is 2.23. The zero-order valence-corrected chi connectivity index (χ0v) is 10.2. The molecule has 0 spiro atoms. The fourth-order valence-corrected chi connectivity index (χ4v) is 2.56. The summed E-state index contributed by atoms with van der Waals surface area (Å²) >= 11 is 0. The molecule has 1 nitrogen and oxygen atoms in total. The summed E-state index contributed by atoms with van der Waals surface area (Å²) < 4.78 is 0. The Morgan fingerprint density at radius 2 is 1.60 bits per heavy atom. The minimum Gasteiger partial charge on any atom is -0.327 e. The van der Waals surface area contributed by atoms with Crippen molar-refractivity contribution in [2.24, 2.45) is 5.73 Å². The molecule has 0 bridgehead atoms. The van der Waals surface area contributed by atoms with Crippen molar-refractivity contribution < 1.29 is 0 Å².